The molecule has 1 aromatic heterocycles. The molecule has 1 N–H and O–H groups in total. The van der Waals surface area contributed by atoms with Crippen LogP contribution in [0.4, 0.5) is 0 Å². The molecular formula is C22H16B3NO. The molecule has 0 fully saturated rings. The van der Waals surface area contributed by atoms with Crippen LogP contribution in [-0.2, 0) is 0 Å². The van der Waals surface area contributed by atoms with Crippen LogP contribution in [0, 0.1) is 6.92 Å². The fourth-order valence-corrected chi connectivity index (χ4v) is 3.78. The number of nitrogens with zero attached hydrogens (tertiary/aromatic N) is 1. The summed E-state index contributed by atoms with van der Waals surface area (Å²) in [5, 5.41) is 12.5. The Hall–Kier alpha value is -2.81. The van der Waals surface area contributed by atoms with Crippen molar-refractivity contribution in [3.63, 3.8) is 0 Å². The summed E-state index contributed by atoms with van der Waals surface area (Å²) in [7, 11) is 18.5. The number of aromatic hydroxyl groups is 1. The fourth-order valence-electron chi connectivity index (χ4n) is 3.78. The molecule has 0 aliphatic heterocycles. The van der Waals surface area contributed by atoms with Gasteiger partial charge in [-0.15, -0.1) is 5.46 Å². The number of aromatic nitrogens is 1. The van der Waals surface area contributed by atoms with Gasteiger partial charge in [0.2, 0.25) is 0 Å². The minimum atomic E-state index is -0.0521. The number of phenols is 1. The molecule has 27 heavy (non-hydrogen) atoms. The molecule has 0 aliphatic rings. The summed E-state index contributed by atoms with van der Waals surface area (Å²) >= 11 is 0. The fraction of sp³-hybridized carbons (Fsp3) is 0.0909. The predicted octanol–water partition coefficient (Wildman–Crippen LogP) is 2.21. The third kappa shape index (κ3) is 2.45. The van der Waals surface area contributed by atoms with Gasteiger partial charge < -0.3 is 9.67 Å². The van der Waals surface area contributed by atoms with E-state index < -0.39 is 0 Å². The first-order valence-electron chi connectivity index (χ1n) is 8.78. The number of hydrogen-bond acceptors (Lipinski definition) is 1. The quantitative estimate of drug-likeness (QED) is 0.555. The van der Waals surface area contributed by atoms with Crippen molar-refractivity contribution in [1.82, 2.24) is 4.57 Å². The van der Waals surface area contributed by atoms with Gasteiger partial charge in [-0.25, -0.2) is 0 Å². The first-order chi connectivity index (χ1) is 13.0. The van der Waals surface area contributed by atoms with Crippen molar-refractivity contribution in [2.45, 2.75) is 13.8 Å². The van der Waals surface area contributed by atoms with Gasteiger partial charge in [0.05, 0.1) is 11.0 Å². The van der Waals surface area contributed by atoms with E-state index in [4.69, 9.17) is 23.5 Å². The highest BCUT2D eigenvalue weighted by atomic mass is 16.3. The van der Waals surface area contributed by atoms with Crippen molar-refractivity contribution in [3.05, 3.63) is 59.7 Å². The van der Waals surface area contributed by atoms with Crippen LogP contribution in [0.25, 0.3) is 33.6 Å². The molecule has 124 valence electrons. The smallest absolute Gasteiger partial charge is 0.132 e. The van der Waals surface area contributed by atoms with E-state index in [0.717, 1.165) is 27.7 Å². The van der Waals surface area contributed by atoms with Gasteiger partial charge in [0.1, 0.15) is 29.3 Å². The van der Waals surface area contributed by atoms with Gasteiger partial charge in [-0.1, -0.05) is 53.4 Å². The highest BCUT2D eigenvalue weighted by Crippen LogP contribution is 2.37. The first kappa shape index (κ1) is 17.6. The number of rotatable bonds is 2. The summed E-state index contributed by atoms with van der Waals surface area (Å²) in [5.41, 5.74) is 5.34. The predicted molar refractivity (Wildman–Crippen MR) is 118 cm³/mol. The Bertz CT molecular complexity index is 1220. The van der Waals surface area contributed by atoms with Crippen LogP contribution >= 0.6 is 0 Å². The number of fused-ring (bicyclic) bond motifs is 3. The standard InChI is InChI=1S/C22H16B3NO/c1-3-7-13-10-11-15-16-17(23)18(24)19(25)22(27)21(16)26(20(15)12(13)2)14-8-5-4-6-9-14/h3-11,27H,1-2H3/b7-3-. The van der Waals surface area contributed by atoms with E-state index in [0.29, 0.717) is 16.4 Å². The molecule has 0 atom stereocenters. The lowest BCUT2D eigenvalue weighted by molar-refractivity contribution is 0.484. The highest BCUT2D eigenvalue weighted by Gasteiger charge is 2.21. The molecule has 1 heterocycles. The highest BCUT2D eigenvalue weighted by molar-refractivity contribution is 6.62. The lowest BCUT2D eigenvalue weighted by Crippen LogP contribution is -2.39. The van der Waals surface area contributed by atoms with E-state index in [1.807, 2.05) is 54.0 Å². The van der Waals surface area contributed by atoms with Crippen molar-refractivity contribution in [2.24, 2.45) is 0 Å². The second kappa shape index (κ2) is 6.42. The van der Waals surface area contributed by atoms with Crippen LogP contribution in [0.3, 0.4) is 0 Å². The lowest BCUT2D eigenvalue weighted by atomic mass is 9.70. The van der Waals surface area contributed by atoms with Crippen LogP contribution in [0.2, 0.25) is 0 Å². The zero-order valence-electron chi connectivity index (χ0n) is 15.3. The SMILES string of the molecule is [B]c1c([B])c(O)c2c(c1[B])c1ccc(/C=C\C)c(C)c1n2-c1ccccc1. The molecule has 0 spiro atoms. The Balaban J connectivity index is 2.34. The second-order valence-corrected chi connectivity index (χ2v) is 6.66. The third-order valence-electron chi connectivity index (χ3n) is 5.12. The molecule has 0 unspecified atom stereocenters. The maximum absolute atomic E-state index is 10.9. The van der Waals surface area contributed by atoms with Crippen molar-refractivity contribution in [3.8, 4) is 11.4 Å². The Morgan fingerprint density at radius 2 is 1.59 bits per heavy atom. The van der Waals surface area contributed by atoms with Gasteiger partial charge in [-0.05, 0) is 37.1 Å². The average molecular weight is 343 g/mol. The molecule has 4 aromatic rings. The topological polar surface area (TPSA) is 25.2 Å². The molecule has 2 nitrogen and oxygen atoms in total. The van der Waals surface area contributed by atoms with Crippen LogP contribution in [-0.4, -0.2) is 33.2 Å². The number of phenolic OH excluding ortho intramolecular Hbond substituents is 1. The number of hydrogen-bond donors (Lipinski definition) is 1. The lowest BCUT2D eigenvalue weighted by Gasteiger charge is -2.15. The van der Waals surface area contributed by atoms with Crippen molar-refractivity contribution >= 4 is 67.8 Å². The van der Waals surface area contributed by atoms with Crippen LogP contribution in [0.15, 0.2) is 48.5 Å². The van der Waals surface area contributed by atoms with Crippen LogP contribution < -0.4 is 16.4 Å². The van der Waals surface area contributed by atoms with Gasteiger partial charge in [-0.2, -0.15) is 0 Å². The van der Waals surface area contributed by atoms with E-state index in [-0.39, 0.29) is 16.7 Å². The third-order valence-corrected chi connectivity index (χ3v) is 5.12. The normalized spacial score (nSPS) is 11.8. The molecule has 0 bridgehead atoms. The molecule has 3 aromatic carbocycles. The Labute approximate surface area is 162 Å². The summed E-state index contributed by atoms with van der Waals surface area (Å²) in [5.74, 6) is -0.0521. The molecule has 4 rings (SSSR count). The number of allylic oxidation sites excluding steroid dienone is 1. The average Bonchev–Trinajstić information content (AvgIpc) is 3.03. The molecule has 0 saturated carbocycles. The van der Waals surface area contributed by atoms with E-state index in [1.54, 1.807) is 0 Å². The van der Waals surface area contributed by atoms with Crippen molar-refractivity contribution < 1.29 is 5.11 Å². The summed E-state index contributed by atoms with van der Waals surface area (Å²) in [6, 6.07) is 13.9. The van der Waals surface area contributed by atoms with Gasteiger partial charge >= 0.3 is 0 Å². The van der Waals surface area contributed by atoms with E-state index in [1.165, 1.54) is 0 Å². The Kier molecular flexibility index (Phi) is 4.18. The molecule has 0 amide bonds. The maximum atomic E-state index is 10.9. The van der Waals surface area contributed by atoms with Gasteiger partial charge in [0.15, 0.2) is 0 Å². The summed E-state index contributed by atoms with van der Waals surface area (Å²) in [4.78, 5) is 0. The summed E-state index contributed by atoms with van der Waals surface area (Å²) in [6.45, 7) is 4.05. The zero-order chi connectivity index (χ0) is 19.3. The number of para-hydroxylation sites is 1. The van der Waals surface area contributed by atoms with E-state index in [2.05, 4.69) is 19.1 Å². The molecule has 0 aliphatic carbocycles. The zero-order valence-corrected chi connectivity index (χ0v) is 15.3. The number of aryl methyl sites for hydroxylation is 1. The summed E-state index contributed by atoms with van der Waals surface area (Å²) in [6.07, 6.45) is 4.07. The molecule has 0 saturated heterocycles. The monoisotopic (exact) mass is 343 g/mol. The van der Waals surface area contributed by atoms with Crippen molar-refractivity contribution in [2.75, 3.05) is 0 Å². The molecule has 5 heteroatoms. The first-order valence-corrected chi connectivity index (χ1v) is 8.78. The maximum Gasteiger partial charge on any atom is 0.132 e. The van der Waals surface area contributed by atoms with Crippen LogP contribution in [0.1, 0.15) is 18.1 Å². The Morgan fingerprint density at radius 1 is 0.889 bits per heavy atom. The largest absolute Gasteiger partial charge is 0.506 e. The molecular weight excluding hydrogens is 327 g/mol. The summed E-state index contributed by atoms with van der Waals surface area (Å²) < 4.78 is 2.01. The van der Waals surface area contributed by atoms with E-state index in [9.17, 15) is 5.11 Å². The second-order valence-electron chi connectivity index (χ2n) is 6.66. The van der Waals surface area contributed by atoms with Crippen LogP contribution in [0.5, 0.6) is 5.75 Å². The van der Waals surface area contributed by atoms with Crippen molar-refractivity contribution in [1.29, 1.82) is 0 Å². The molecule has 6 radical (unpaired) electrons. The van der Waals surface area contributed by atoms with Gasteiger partial charge in [0, 0.05) is 16.5 Å². The number of benzene rings is 3. The minimum absolute atomic E-state index is 0.0521. The minimum Gasteiger partial charge on any atom is -0.506 e. The van der Waals surface area contributed by atoms with Gasteiger partial charge in [0.25, 0.3) is 0 Å². The van der Waals surface area contributed by atoms with E-state index >= 15 is 0 Å². The van der Waals surface area contributed by atoms with Gasteiger partial charge in [-0.3, -0.25) is 0 Å². The Morgan fingerprint density at radius 3 is 2.26 bits per heavy atom.